The smallest absolute Gasteiger partial charge is 0.375 e. The third-order valence-electron chi connectivity index (χ3n) is 4.92. The second-order valence-electron chi connectivity index (χ2n) is 6.71. The van der Waals surface area contributed by atoms with Gasteiger partial charge < -0.3 is 18.8 Å². The third-order valence-corrected chi connectivity index (χ3v) is 4.92. The zero-order chi connectivity index (χ0) is 20.8. The van der Waals surface area contributed by atoms with Crippen LogP contribution in [0.5, 0.6) is 0 Å². The number of amides is 1. The first-order valence-electron chi connectivity index (χ1n) is 9.58. The van der Waals surface area contributed by atoms with Crippen molar-refractivity contribution in [3.63, 3.8) is 0 Å². The maximum Gasteiger partial charge on any atom is 0.375 e. The number of likely N-dealkylation sites (N-methyl/N-ethyl adjacent to an activating group) is 1. The van der Waals surface area contributed by atoms with Crippen LogP contribution in [0.3, 0.4) is 0 Å². The number of nitrogens with zero attached hydrogens (tertiary/aromatic N) is 1. The lowest BCUT2D eigenvalue weighted by Gasteiger charge is -2.25. The van der Waals surface area contributed by atoms with E-state index < -0.39 is 5.97 Å². The van der Waals surface area contributed by atoms with Gasteiger partial charge in [-0.2, -0.15) is 0 Å². The summed E-state index contributed by atoms with van der Waals surface area (Å²) >= 11 is 0. The lowest BCUT2D eigenvalue weighted by atomic mass is 10.1. The fraction of sp³-hybridized carbons (Fsp3) is 0.304. The number of rotatable bonds is 8. The molecule has 29 heavy (non-hydrogen) atoms. The van der Waals surface area contributed by atoms with Gasteiger partial charge in [-0.15, -0.1) is 0 Å². The van der Waals surface area contributed by atoms with Gasteiger partial charge in [-0.1, -0.05) is 48.5 Å². The van der Waals surface area contributed by atoms with Crippen molar-refractivity contribution in [2.75, 3.05) is 20.3 Å². The summed E-state index contributed by atoms with van der Waals surface area (Å²) in [7, 11) is 1.69. The Morgan fingerprint density at radius 3 is 2.48 bits per heavy atom. The van der Waals surface area contributed by atoms with Gasteiger partial charge in [-0.25, -0.2) is 4.79 Å². The van der Waals surface area contributed by atoms with Gasteiger partial charge in [0.15, 0.2) is 6.61 Å². The van der Waals surface area contributed by atoms with Crippen LogP contribution in [0.4, 0.5) is 0 Å². The highest BCUT2D eigenvalue weighted by molar-refractivity contribution is 5.96. The molecule has 152 valence electrons. The van der Waals surface area contributed by atoms with E-state index in [4.69, 9.17) is 13.9 Å². The van der Waals surface area contributed by atoms with E-state index in [9.17, 15) is 9.59 Å². The van der Waals surface area contributed by atoms with E-state index in [1.807, 2.05) is 62.4 Å². The highest BCUT2D eigenvalue weighted by Crippen LogP contribution is 2.27. The van der Waals surface area contributed by atoms with Crippen molar-refractivity contribution in [3.8, 4) is 0 Å². The normalized spacial score (nSPS) is 12.0. The van der Waals surface area contributed by atoms with Gasteiger partial charge in [0.2, 0.25) is 5.76 Å². The molecule has 0 aliphatic carbocycles. The summed E-state index contributed by atoms with van der Waals surface area (Å²) in [4.78, 5) is 26.7. The Morgan fingerprint density at radius 2 is 1.76 bits per heavy atom. The molecule has 0 aliphatic rings. The second kappa shape index (κ2) is 9.39. The van der Waals surface area contributed by atoms with E-state index in [1.54, 1.807) is 18.0 Å². The summed E-state index contributed by atoms with van der Waals surface area (Å²) < 4.78 is 16.4. The van der Waals surface area contributed by atoms with E-state index in [0.29, 0.717) is 17.8 Å². The van der Waals surface area contributed by atoms with Gasteiger partial charge in [0.1, 0.15) is 5.58 Å². The summed E-state index contributed by atoms with van der Waals surface area (Å²) in [5.41, 5.74) is 2.21. The Bertz CT molecular complexity index is 979. The number of fused-ring (bicyclic) bond motifs is 1. The molecule has 6 heteroatoms. The van der Waals surface area contributed by atoms with Crippen molar-refractivity contribution in [1.29, 1.82) is 0 Å². The Labute approximate surface area is 170 Å². The van der Waals surface area contributed by atoms with E-state index in [2.05, 4.69) is 0 Å². The Balaban J connectivity index is 1.69. The minimum Gasteiger partial charge on any atom is -0.450 e. The predicted molar refractivity (Wildman–Crippen MR) is 109 cm³/mol. The Hall–Kier alpha value is -3.12. The first kappa shape index (κ1) is 20.6. The zero-order valence-corrected chi connectivity index (χ0v) is 16.9. The molecule has 3 aromatic rings. The first-order chi connectivity index (χ1) is 14.0. The highest BCUT2D eigenvalue weighted by Gasteiger charge is 2.24. The lowest BCUT2D eigenvalue weighted by Crippen LogP contribution is -2.33. The van der Waals surface area contributed by atoms with Crippen molar-refractivity contribution >= 4 is 22.8 Å². The number of carbonyl (C=O) groups excluding carboxylic acids is 2. The molecular formula is C23H25NO5. The number of benzene rings is 2. The van der Waals surface area contributed by atoms with Crippen molar-refractivity contribution in [1.82, 2.24) is 4.90 Å². The van der Waals surface area contributed by atoms with Crippen molar-refractivity contribution < 1.29 is 23.5 Å². The SMILES string of the molecule is CCOCc1c(C(=O)OCC(=O)N(C)[C@H](C)c2ccccc2)oc2ccccc12. The van der Waals surface area contributed by atoms with E-state index in [0.717, 1.165) is 10.9 Å². The molecule has 1 atom stereocenters. The summed E-state index contributed by atoms with van der Waals surface area (Å²) in [5, 5.41) is 0.800. The minimum atomic E-state index is -0.676. The second-order valence-corrected chi connectivity index (χ2v) is 6.71. The fourth-order valence-corrected chi connectivity index (χ4v) is 3.08. The highest BCUT2D eigenvalue weighted by atomic mass is 16.5. The molecule has 1 amide bonds. The van der Waals surface area contributed by atoms with Gasteiger partial charge >= 0.3 is 5.97 Å². The van der Waals surface area contributed by atoms with Gasteiger partial charge in [0.05, 0.1) is 12.6 Å². The molecule has 2 aromatic carbocycles. The molecule has 6 nitrogen and oxygen atoms in total. The van der Waals surface area contributed by atoms with E-state index >= 15 is 0 Å². The van der Waals surface area contributed by atoms with Crippen LogP contribution in [-0.2, 0) is 20.9 Å². The molecule has 1 aromatic heterocycles. The fourth-order valence-electron chi connectivity index (χ4n) is 3.08. The summed E-state index contributed by atoms with van der Waals surface area (Å²) in [6.07, 6.45) is 0. The predicted octanol–water partition coefficient (Wildman–Crippen LogP) is 4.35. The molecule has 0 saturated heterocycles. The molecule has 0 radical (unpaired) electrons. The molecule has 0 spiro atoms. The monoisotopic (exact) mass is 395 g/mol. The summed E-state index contributed by atoms with van der Waals surface area (Å²) in [6, 6.07) is 16.9. The van der Waals surface area contributed by atoms with Crippen LogP contribution in [0.1, 0.15) is 41.6 Å². The quantitative estimate of drug-likeness (QED) is 0.531. The standard InChI is InChI=1S/C23H25NO5/c1-4-27-14-19-18-12-8-9-13-20(18)29-22(19)23(26)28-15-21(25)24(3)16(2)17-10-6-5-7-11-17/h5-13,16H,4,14-15H2,1-3H3/t16-/m1/s1. The minimum absolute atomic E-state index is 0.0752. The van der Waals surface area contributed by atoms with Gasteiger partial charge in [0.25, 0.3) is 5.91 Å². The van der Waals surface area contributed by atoms with Crippen LogP contribution in [0, 0.1) is 0 Å². The van der Waals surface area contributed by atoms with Crippen LogP contribution in [0.2, 0.25) is 0 Å². The number of ether oxygens (including phenoxy) is 2. The van der Waals surface area contributed by atoms with Gasteiger partial charge in [0, 0.05) is 24.6 Å². The summed E-state index contributed by atoms with van der Waals surface area (Å²) in [6.45, 7) is 4.18. The third kappa shape index (κ3) is 4.66. The van der Waals surface area contributed by atoms with Crippen LogP contribution >= 0.6 is 0 Å². The maximum absolute atomic E-state index is 12.6. The topological polar surface area (TPSA) is 69.0 Å². The molecule has 0 bridgehead atoms. The van der Waals surface area contributed by atoms with Gasteiger partial charge in [-0.05, 0) is 25.5 Å². The van der Waals surface area contributed by atoms with E-state index in [1.165, 1.54) is 0 Å². The number of hydrogen-bond acceptors (Lipinski definition) is 5. The number of esters is 1. The zero-order valence-electron chi connectivity index (χ0n) is 16.9. The lowest BCUT2D eigenvalue weighted by molar-refractivity contribution is -0.135. The average molecular weight is 395 g/mol. The van der Waals surface area contributed by atoms with Crippen LogP contribution in [0.25, 0.3) is 11.0 Å². The molecular weight excluding hydrogens is 370 g/mol. The Kier molecular flexibility index (Phi) is 6.67. The molecule has 0 unspecified atom stereocenters. The molecule has 1 heterocycles. The molecule has 3 rings (SSSR count). The molecule has 0 aliphatic heterocycles. The van der Waals surface area contributed by atoms with E-state index in [-0.39, 0.29) is 30.9 Å². The first-order valence-corrected chi connectivity index (χ1v) is 9.58. The summed E-state index contributed by atoms with van der Waals surface area (Å²) in [5.74, 6) is -0.895. The van der Waals surface area contributed by atoms with Gasteiger partial charge in [-0.3, -0.25) is 4.79 Å². The number of carbonyl (C=O) groups is 2. The van der Waals surface area contributed by atoms with Crippen LogP contribution < -0.4 is 0 Å². The largest absolute Gasteiger partial charge is 0.450 e. The maximum atomic E-state index is 12.6. The number of furan rings is 1. The average Bonchev–Trinajstić information content (AvgIpc) is 3.14. The van der Waals surface area contributed by atoms with Crippen molar-refractivity contribution in [2.45, 2.75) is 26.5 Å². The molecule has 0 saturated carbocycles. The number of para-hydroxylation sites is 1. The van der Waals surface area contributed by atoms with Crippen LogP contribution in [0.15, 0.2) is 59.0 Å². The van der Waals surface area contributed by atoms with Crippen molar-refractivity contribution in [3.05, 3.63) is 71.5 Å². The van der Waals surface area contributed by atoms with Crippen molar-refractivity contribution in [2.24, 2.45) is 0 Å². The molecule has 0 fully saturated rings. The Morgan fingerprint density at radius 1 is 1.07 bits per heavy atom. The molecule has 0 N–H and O–H groups in total. The number of hydrogen-bond donors (Lipinski definition) is 0. The van der Waals surface area contributed by atoms with Crippen LogP contribution in [-0.4, -0.2) is 37.0 Å².